The second-order valence-electron chi connectivity index (χ2n) is 5.15. The predicted octanol–water partition coefficient (Wildman–Crippen LogP) is 3.33. The van der Waals surface area contributed by atoms with Gasteiger partial charge in [0.15, 0.2) is 0 Å². The SMILES string of the molecule is Cc1cc(C(=O)NC2CC2c2ccccc2)cc(Cl)n1. The Morgan fingerprint density at radius 1 is 1.30 bits per heavy atom. The molecule has 1 saturated carbocycles. The van der Waals surface area contributed by atoms with Crippen LogP contribution in [-0.2, 0) is 0 Å². The highest BCUT2D eigenvalue weighted by Gasteiger charge is 2.39. The summed E-state index contributed by atoms with van der Waals surface area (Å²) in [6, 6.07) is 13.8. The van der Waals surface area contributed by atoms with Crippen LogP contribution in [0.1, 0.15) is 34.0 Å². The van der Waals surface area contributed by atoms with Crippen LogP contribution in [0, 0.1) is 6.92 Å². The molecule has 1 aromatic heterocycles. The molecule has 0 aliphatic heterocycles. The molecule has 1 aliphatic rings. The summed E-state index contributed by atoms with van der Waals surface area (Å²) >= 11 is 5.88. The summed E-state index contributed by atoms with van der Waals surface area (Å²) in [5.41, 5.74) is 2.60. The van der Waals surface area contributed by atoms with Gasteiger partial charge in [-0.25, -0.2) is 4.98 Å². The molecule has 3 rings (SSSR count). The van der Waals surface area contributed by atoms with E-state index in [9.17, 15) is 4.79 Å². The lowest BCUT2D eigenvalue weighted by molar-refractivity contribution is 0.0950. The number of hydrogen-bond donors (Lipinski definition) is 1. The zero-order valence-electron chi connectivity index (χ0n) is 11.1. The average Bonchev–Trinajstić information content (AvgIpc) is 3.18. The number of nitrogens with one attached hydrogen (secondary N) is 1. The van der Waals surface area contributed by atoms with E-state index >= 15 is 0 Å². The molecule has 0 saturated heterocycles. The molecule has 1 heterocycles. The molecule has 20 heavy (non-hydrogen) atoms. The number of aromatic nitrogens is 1. The van der Waals surface area contributed by atoms with Crippen LogP contribution < -0.4 is 5.32 Å². The van der Waals surface area contributed by atoms with Gasteiger partial charge in [0.2, 0.25) is 0 Å². The van der Waals surface area contributed by atoms with Crippen LogP contribution in [0.3, 0.4) is 0 Å². The van der Waals surface area contributed by atoms with Gasteiger partial charge in [-0.3, -0.25) is 4.79 Å². The molecule has 2 atom stereocenters. The highest BCUT2D eigenvalue weighted by molar-refractivity contribution is 6.29. The van der Waals surface area contributed by atoms with E-state index in [-0.39, 0.29) is 11.9 Å². The second-order valence-corrected chi connectivity index (χ2v) is 5.54. The number of aryl methyl sites for hydroxylation is 1. The Labute approximate surface area is 123 Å². The van der Waals surface area contributed by atoms with Crippen molar-refractivity contribution in [2.24, 2.45) is 0 Å². The molecular weight excluding hydrogens is 272 g/mol. The fourth-order valence-electron chi connectivity index (χ4n) is 2.43. The molecule has 0 bridgehead atoms. The Balaban J connectivity index is 1.66. The number of hydrogen-bond acceptors (Lipinski definition) is 2. The largest absolute Gasteiger partial charge is 0.349 e. The number of pyridine rings is 1. The third-order valence-corrected chi connectivity index (χ3v) is 3.71. The molecule has 0 radical (unpaired) electrons. The number of halogens is 1. The number of carbonyl (C=O) groups is 1. The summed E-state index contributed by atoms with van der Waals surface area (Å²) in [5.74, 6) is 0.347. The van der Waals surface area contributed by atoms with Crippen molar-refractivity contribution in [3.05, 3.63) is 64.4 Å². The van der Waals surface area contributed by atoms with Crippen LogP contribution in [0.4, 0.5) is 0 Å². The standard InChI is InChI=1S/C16H15ClN2O/c1-10-7-12(8-15(17)18-10)16(20)19-14-9-13(14)11-5-3-2-4-6-11/h2-8,13-14H,9H2,1H3,(H,19,20). The summed E-state index contributed by atoms with van der Waals surface area (Å²) in [5, 5.41) is 3.40. The normalized spacial score (nSPS) is 20.5. The van der Waals surface area contributed by atoms with Crippen molar-refractivity contribution in [2.45, 2.75) is 25.3 Å². The maximum absolute atomic E-state index is 12.2. The first-order valence-electron chi connectivity index (χ1n) is 6.63. The van der Waals surface area contributed by atoms with Crippen LogP contribution in [0.15, 0.2) is 42.5 Å². The first kappa shape index (κ1) is 13.1. The summed E-state index contributed by atoms with van der Waals surface area (Å²) in [6.45, 7) is 1.83. The number of amides is 1. The van der Waals surface area contributed by atoms with Crippen molar-refractivity contribution in [1.29, 1.82) is 0 Å². The van der Waals surface area contributed by atoms with Gasteiger partial charge >= 0.3 is 0 Å². The van der Waals surface area contributed by atoms with Crippen LogP contribution >= 0.6 is 11.6 Å². The molecule has 1 aromatic carbocycles. The zero-order valence-corrected chi connectivity index (χ0v) is 11.9. The van der Waals surface area contributed by atoms with Crippen molar-refractivity contribution < 1.29 is 4.79 Å². The average molecular weight is 287 g/mol. The predicted molar refractivity (Wildman–Crippen MR) is 79.0 cm³/mol. The maximum Gasteiger partial charge on any atom is 0.251 e. The van der Waals surface area contributed by atoms with Gasteiger partial charge in [0.25, 0.3) is 5.91 Å². The summed E-state index contributed by atoms with van der Waals surface area (Å²) in [6.07, 6.45) is 0.994. The topological polar surface area (TPSA) is 42.0 Å². The minimum absolute atomic E-state index is 0.0826. The fraction of sp³-hybridized carbons (Fsp3) is 0.250. The van der Waals surface area contributed by atoms with E-state index in [1.165, 1.54) is 5.56 Å². The Hall–Kier alpha value is -1.87. The monoisotopic (exact) mass is 286 g/mol. The highest BCUT2D eigenvalue weighted by atomic mass is 35.5. The second kappa shape index (κ2) is 5.25. The van der Waals surface area contributed by atoms with E-state index in [4.69, 9.17) is 11.6 Å². The third-order valence-electron chi connectivity index (χ3n) is 3.52. The van der Waals surface area contributed by atoms with Crippen molar-refractivity contribution in [1.82, 2.24) is 10.3 Å². The molecular formula is C16H15ClN2O. The zero-order chi connectivity index (χ0) is 14.1. The van der Waals surface area contributed by atoms with E-state index in [1.807, 2.05) is 25.1 Å². The number of nitrogens with zero attached hydrogens (tertiary/aromatic N) is 1. The molecule has 2 unspecified atom stereocenters. The van der Waals surface area contributed by atoms with Crippen molar-refractivity contribution in [2.75, 3.05) is 0 Å². The molecule has 2 aromatic rings. The Morgan fingerprint density at radius 3 is 2.75 bits per heavy atom. The fourth-order valence-corrected chi connectivity index (χ4v) is 2.68. The van der Waals surface area contributed by atoms with Gasteiger partial charge in [0.1, 0.15) is 5.15 Å². The summed E-state index contributed by atoms with van der Waals surface area (Å²) < 4.78 is 0. The Morgan fingerprint density at radius 2 is 2.05 bits per heavy atom. The van der Waals surface area contributed by atoms with Crippen LogP contribution in [0.25, 0.3) is 0 Å². The van der Waals surface area contributed by atoms with E-state index < -0.39 is 0 Å². The molecule has 1 N–H and O–H groups in total. The first-order valence-corrected chi connectivity index (χ1v) is 7.01. The smallest absolute Gasteiger partial charge is 0.251 e. The molecule has 4 heteroatoms. The quantitative estimate of drug-likeness (QED) is 0.880. The molecule has 102 valence electrons. The van der Waals surface area contributed by atoms with Gasteiger partial charge in [-0.2, -0.15) is 0 Å². The Bertz CT molecular complexity index is 622. The van der Waals surface area contributed by atoms with Gasteiger partial charge < -0.3 is 5.32 Å². The van der Waals surface area contributed by atoms with E-state index in [2.05, 4.69) is 22.4 Å². The van der Waals surface area contributed by atoms with Gasteiger partial charge in [-0.1, -0.05) is 41.9 Å². The maximum atomic E-state index is 12.2. The number of benzene rings is 1. The van der Waals surface area contributed by atoms with Crippen LogP contribution in [-0.4, -0.2) is 16.9 Å². The van der Waals surface area contributed by atoms with Crippen LogP contribution in [0.5, 0.6) is 0 Å². The minimum atomic E-state index is -0.0826. The summed E-state index contributed by atoms with van der Waals surface area (Å²) in [7, 11) is 0. The number of carbonyl (C=O) groups excluding carboxylic acids is 1. The van der Waals surface area contributed by atoms with Gasteiger partial charge in [-0.05, 0) is 31.0 Å². The lowest BCUT2D eigenvalue weighted by atomic mass is 10.1. The molecule has 0 spiro atoms. The van der Waals surface area contributed by atoms with Crippen molar-refractivity contribution in [3.8, 4) is 0 Å². The van der Waals surface area contributed by atoms with E-state index in [0.717, 1.165) is 12.1 Å². The first-order chi connectivity index (χ1) is 9.63. The molecule has 1 aliphatic carbocycles. The van der Waals surface area contributed by atoms with Gasteiger partial charge in [0, 0.05) is 23.2 Å². The molecule has 1 amide bonds. The molecule has 3 nitrogen and oxygen atoms in total. The Kier molecular flexibility index (Phi) is 3.45. The van der Waals surface area contributed by atoms with Crippen LogP contribution in [0.2, 0.25) is 5.15 Å². The minimum Gasteiger partial charge on any atom is -0.349 e. The van der Waals surface area contributed by atoms with E-state index in [0.29, 0.717) is 16.6 Å². The van der Waals surface area contributed by atoms with Gasteiger partial charge in [0.05, 0.1) is 0 Å². The number of rotatable bonds is 3. The van der Waals surface area contributed by atoms with Gasteiger partial charge in [-0.15, -0.1) is 0 Å². The lowest BCUT2D eigenvalue weighted by Crippen LogP contribution is -2.26. The summed E-state index contributed by atoms with van der Waals surface area (Å²) in [4.78, 5) is 16.2. The third kappa shape index (κ3) is 2.83. The highest BCUT2D eigenvalue weighted by Crippen LogP contribution is 2.40. The van der Waals surface area contributed by atoms with Crippen molar-refractivity contribution >= 4 is 17.5 Å². The molecule has 1 fully saturated rings. The lowest BCUT2D eigenvalue weighted by Gasteiger charge is -2.06. The van der Waals surface area contributed by atoms with E-state index in [1.54, 1.807) is 12.1 Å². The van der Waals surface area contributed by atoms with Crippen molar-refractivity contribution in [3.63, 3.8) is 0 Å².